The number of methoxy groups -OCH3 is 1. The number of ether oxygens (including phenoxy) is 2. The second-order valence-corrected chi connectivity index (χ2v) is 6.66. The summed E-state index contributed by atoms with van der Waals surface area (Å²) in [5.74, 6) is 1.29. The summed E-state index contributed by atoms with van der Waals surface area (Å²) in [5.41, 5.74) is 10.1. The van der Waals surface area contributed by atoms with Crippen LogP contribution in [0.4, 0.5) is 0 Å². The van der Waals surface area contributed by atoms with Crippen molar-refractivity contribution < 1.29 is 9.47 Å². The molecule has 2 aromatic rings. The van der Waals surface area contributed by atoms with Gasteiger partial charge in [-0.05, 0) is 30.2 Å². The van der Waals surface area contributed by atoms with Crippen molar-refractivity contribution in [1.82, 2.24) is 4.90 Å². The molecule has 0 saturated carbocycles. The number of hydrogen-bond acceptors (Lipinski definition) is 4. The Bertz CT molecular complexity index is 675. The van der Waals surface area contributed by atoms with E-state index >= 15 is 0 Å². The molecule has 0 radical (unpaired) electrons. The van der Waals surface area contributed by atoms with E-state index in [1.54, 1.807) is 7.11 Å². The Balaban J connectivity index is 1.68. The summed E-state index contributed by atoms with van der Waals surface area (Å²) >= 11 is 0. The van der Waals surface area contributed by atoms with Crippen LogP contribution in [0.25, 0.3) is 0 Å². The Morgan fingerprint density at radius 1 is 1.12 bits per heavy atom. The Morgan fingerprint density at radius 3 is 2.64 bits per heavy atom. The molecule has 0 aliphatic carbocycles. The second-order valence-electron chi connectivity index (χ2n) is 6.66. The number of benzene rings is 2. The molecule has 3 rings (SSSR count). The standard InChI is InChI=1S/C21H28N2O2/c1-3-25-15-18-11-16(9-10-21(18)24-2)12-23-13-19(20(22)14-23)17-7-5-4-6-8-17/h4-11,19-20H,3,12-15,22H2,1-2H3/t19-,20+/m0/s1. The van der Waals surface area contributed by atoms with Crippen LogP contribution in [0.3, 0.4) is 0 Å². The molecule has 1 heterocycles. The highest BCUT2D eigenvalue weighted by molar-refractivity contribution is 5.37. The zero-order chi connectivity index (χ0) is 17.6. The molecule has 1 fully saturated rings. The maximum absolute atomic E-state index is 6.41. The smallest absolute Gasteiger partial charge is 0.124 e. The van der Waals surface area contributed by atoms with Crippen molar-refractivity contribution >= 4 is 0 Å². The molecule has 0 bridgehead atoms. The fourth-order valence-electron chi connectivity index (χ4n) is 3.61. The van der Waals surface area contributed by atoms with Crippen molar-refractivity contribution in [3.8, 4) is 5.75 Å². The summed E-state index contributed by atoms with van der Waals surface area (Å²) in [6.45, 7) is 6.11. The lowest BCUT2D eigenvalue weighted by Gasteiger charge is -2.17. The van der Waals surface area contributed by atoms with Crippen LogP contribution in [0.5, 0.6) is 5.75 Å². The fraction of sp³-hybridized carbons (Fsp3) is 0.429. The summed E-state index contributed by atoms with van der Waals surface area (Å²) in [5, 5.41) is 0. The van der Waals surface area contributed by atoms with E-state index in [1.165, 1.54) is 11.1 Å². The number of rotatable bonds is 7. The highest BCUT2D eigenvalue weighted by atomic mass is 16.5. The minimum Gasteiger partial charge on any atom is -0.496 e. The molecule has 0 amide bonds. The van der Waals surface area contributed by atoms with Gasteiger partial charge in [-0.1, -0.05) is 36.4 Å². The van der Waals surface area contributed by atoms with E-state index < -0.39 is 0 Å². The molecule has 1 aliphatic heterocycles. The van der Waals surface area contributed by atoms with Gasteiger partial charge >= 0.3 is 0 Å². The van der Waals surface area contributed by atoms with Crippen LogP contribution in [0.1, 0.15) is 29.5 Å². The van der Waals surface area contributed by atoms with Crippen molar-refractivity contribution in [3.63, 3.8) is 0 Å². The summed E-state index contributed by atoms with van der Waals surface area (Å²) < 4.78 is 11.0. The topological polar surface area (TPSA) is 47.7 Å². The predicted octanol–water partition coefficient (Wildman–Crippen LogP) is 3.16. The molecule has 4 nitrogen and oxygen atoms in total. The minimum atomic E-state index is 0.184. The van der Waals surface area contributed by atoms with E-state index in [0.29, 0.717) is 19.1 Å². The van der Waals surface area contributed by atoms with Crippen LogP contribution in [0.15, 0.2) is 48.5 Å². The Hall–Kier alpha value is -1.88. The average Bonchev–Trinajstić information content (AvgIpc) is 3.01. The molecule has 1 saturated heterocycles. The zero-order valence-corrected chi connectivity index (χ0v) is 15.2. The molecular weight excluding hydrogens is 312 g/mol. The highest BCUT2D eigenvalue weighted by Gasteiger charge is 2.31. The Morgan fingerprint density at radius 2 is 1.92 bits per heavy atom. The van der Waals surface area contributed by atoms with Crippen LogP contribution in [0, 0.1) is 0 Å². The van der Waals surface area contributed by atoms with Crippen LogP contribution < -0.4 is 10.5 Å². The van der Waals surface area contributed by atoms with Crippen molar-refractivity contribution in [2.45, 2.75) is 32.0 Å². The van der Waals surface area contributed by atoms with Crippen LogP contribution in [-0.4, -0.2) is 37.7 Å². The van der Waals surface area contributed by atoms with E-state index in [-0.39, 0.29) is 6.04 Å². The monoisotopic (exact) mass is 340 g/mol. The van der Waals surface area contributed by atoms with Crippen molar-refractivity contribution in [1.29, 1.82) is 0 Å². The van der Waals surface area contributed by atoms with Gasteiger partial charge in [-0.3, -0.25) is 4.90 Å². The van der Waals surface area contributed by atoms with E-state index in [4.69, 9.17) is 15.2 Å². The third kappa shape index (κ3) is 4.40. The van der Waals surface area contributed by atoms with Gasteiger partial charge < -0.3 is 15.2 Å². The van der Waals surface area contributed by atoms with Crippen LogP contribution in [-0.2, 0) is 17.9 Å². The lowest BCUT2D eigenvalue weighted by molar-refractivity contribution is 0.132. The first kappa shape index (κ1) is 17.9. The molecule has 2 atom stereocenters. The number of nitrogens with zero attached hydrogens (tertiary/aromatic N) is 1. The fourth-order valence-corrected chi connectivity index (χ4v) is 3.61. The third-order valence-electron chi connectivity index (χ3n) is 4.88. The molecule has 1 aliphatic rings. The van der Waals surface area contributed by atoms with Gasteiger partial charge in [0.1, 0.15) is 5.75 Å². The molecule has 4 heteroatoms. The quantitative estimate of drug-likeness (QED) is 0.841. The molecule has 2 N–H and O–H groups in total. The van der Waals surface area contributed by atoms with Gasteiger partial charge in [0.2, 0.25) is 0 Å². The van der Waals surface area contributed by atoms with Gasteiger partial charge in [-0.2, -0.15) is 0 Å². The second kappa shape index (κ2) is 8.48. The number of hydrogen-bond donors (Lipinski definition) is 1. The summed E-state index contributed by atoms with van der Waals surface area (Å²) in [6.07, 6.45) is 0. The van der Waals surface area contributed by atoms with Crippen LogP contribution in [0.2, 0.25) is 0 Å². The predicted molar refractivity (Wildman–Crippen MR) is 101 cm³/mol. The first-order valence-corrected chi connectivity index (χ1v) is 8.97. The molecule has 25 heavy (non-hydrogen) atoms. The minimum absolute atomic E-state index is 0.184. The van der Waals surface area contributed by atoms with Crippen molar-refractivity contribution in [2.75, 3.05) is 26.8 Å². The average molecular weight is 340 g/mol. The van der Waals surface area contributed by atoms with Gasteiger partial charge in [0.15, 0.2) is 0 Å². The molecule has 0 unspecified atom stereocenters. The summed E-state index contributed by atoms with van der Waals surface area (Å²) in [7, 11) is 1.70. The van der Waals surface area contributed by atoms with E-state index in [9.17, 15) is 0 Å². The van der Waals surface area contributed by atoms with E-state index in [1.807, 2.05) is 13.0 Å². The van der Waals surface area contributed by atoms with E-state index in [0.717, 1.165) is 30.9 Å². The van der Waals surface area contributed by atoms with Crippen LogP contribution >= 0.6 is 0 Å². The summed E-state index contributed by atoms with van der Waals surface area (Å²) in [6, 6.07) is 17.1. The molecule has 0 spiro atoms. The lowest BCUT2D eigenvalue weighted by atomic mass is 9.95. The lowest BCUT2D eigenvalue weighted by Crippen LogP contribution is -2.28. The first-order chi connectivity index (χ1) is 12.2. The van der Waals surface area contributed by atoms with Crippen molar-refractivity contribution in [2.24, 2.45) is 5.73 Å². The molecule has 0 aromatic heterocycles. The van der Waals surface area contributed by atoms with Gasteiger partial charge in [0, 0.05) is 43.8 Å². The van der Waals surface area contributed by atoms with E-state index in [2.05, 4.69) is 47.4 Å². The maximum Gasteiger partial charge on any atom is 0.124 e. The normalized spacial score (nSPS) is 20.8. The summed E-state index contributed by atoms with van der Waals surface area (Å²) in [4.78, 5) is 2.44. The SMILES string of the molecule is CCOCc1cc(CN2C[C@@H](N)[C@H](c3ccccc3)C2)ccc1OC. The molecule has 134 valence electrons. The molecular formula is C21H28N2O2. The Labute approximate surface area is 150 Å². The number of likely N-dealkylation sites (tertiary alicyclic amines) is 1. The van der Waals surface area contributed by atoms with Gasteiger partial charge in [0.25, 0.3) is 0 Å². The van der Waals surface area contributed by atoms with Crippen molar-refractivity contribution in [3.05, 3.63) is 65.2 Å². The third-order valence-corrected chi connectivity index (χ3v) is 4.88. The maximum atomic E-state index is 6.41. The first-order valence-electron chi connectivity index (χ1n) is 8.97. The van der Waals surface area contributed by atoms with Gasteiger partial charge in [0.05, 0.1) is 13.7 Å². The number of nitrogens with two attached hydrogens (primary N) is 1. The van der Waals surface area contributed by atoms with Gasteiger partial charge in [-0.15, -0.1) is 0 Å². The largest absolute Gasteiger partial charge is 0.496 e. The van der Waals surface area contributed by atoms with Gasteiger partial charge in [-0.25, -0.2) is 0 Å². The zero-order valence-electron chi connectivity index (χ0n) is 15.2. The Kier molecular flexibility index (Phi) is 6.08. The highest BCUT2D eigenvalue weighted by Crippen LogP contribution is 2.28. The molecule has 2 aromatic carbocycles.